The molecule has 1 amide bonds. The third kappa shape index (κ3) is 3.73. The van der Waals surface area contributed by atoms with Crippen molar-refractivity contribution in [1.29, 1.82) is 0 Å². The number of hydrogen-bond acceptors (Lipinski definition) is 8. The van der Waals surface area contributed by atoms with E-state index >= 15 is 0 Å². The number of benzene rings is 2. The molecule has 0 aromatic heterocycles. The number of ketones is 3. The van der Waals surface area contributed by atoms with Gasteiger partial charge in [-0.2, -0.15) is 0 Å². The lowest BCUT2D eigenvalue weighted by Crippen LogP contribution is -2.58. The second-order valence-corrected chi connectivity index (χ2v) is 10.3. The number of aliphatic hydroxyl groups excluding tert-OH is 2. The minimum Gasteiger partial charge on any atom is -0.508 e. The van der Waals surface area contributed by atoms with Crippen LogP contribution in [0.1, 0.15) is 42.9 Å². The third-order valence-electron chi connectivity index (χ3n) is 7.98. The van der Waals surface area contributed by atoms with Crippen LogP contribution in [-0.2, 0) is 32.0 Å². The number of aromatic hydroxyl groups is 1. The summed E-state index contributed by atoms with van der Waals surface area (Å²) in [6.07, 6.45) is 0.984. The molecule has 3 aliphatic rings. The van der Waals surface area contributed by atoms with E-state index in [1.54, 1.807) is 13.0 Å². The molecule has 0 bridgehead atoms. The number of aliphatic hydroxyl groups is 3. The average molecular weight is 518 g/mol. The van der Waals surface area contributed by atoms with E-state index in [2.05, 4.69) is 0 Å². The number of nitrogens with two attached hydrogens (primary N) is 1. The van der Waals surface area contributed by atoms with Gasteiger partial charge in [-0.3, -0.25) is 14.4 Å². The monoisotopic (exact) mass is 517 g/mol. The van der Waals surface area contributed by atoms with E-state index in [1.165, 1.54) is 6.07 Å². The molecule has 2 aromatic rings. The summed E-state index contributed by atoms with van der Waals surface area (Å²) in [7, 11) is 0. The molecule has 0 radical (unpaired) electrons. The Morgan fingerprint density at radius 2 is 1.71 bits per heavy atom. The van der Waals surface area contributed by atoms with Crippen LogP contribution < -0.4 is 5.73 Å². The molecule has 9 heteroatoms. The molecule has 0 aliphatic heterocycles. The number of fused-ring (bicyclic) bond motifs is 3. The Bertz CT molecular complexity index is 1480. The van der Waals surface area contributed by atoms with Crippen LogP contribution in [0.5, 0.6) is 5.75 Å². The van der Waals surface area contributed by atoms with E-state index in [0.29, 0.717) is 18.4 Å². The second kappa shape index (κ2) is 8.95. The van der Waals surface area contributed by atoms with Gasteiger partial charge in [-0.25, -0.2) is 0 Å². The summed E-state index contributed by atoms with van der Waals surface area (Å²) in [6.45, 7) is 1.54. The predicted molar refractivity (Wildman–Crippen MR) is 136 cm³/mol. The Hall–Kier alpha value is -4.24. The maximum Gasteiger partial charge on any atom is 0.255 e. The van der Waals surface area contributed by atoms with E-state index in [-0.39, 0.29) is 41.9 Å². The number of rotatable bonds is 5. The fraction of sp³-hybridized carbons (Fsp3) is 0.310. The Kier molecular flexibility index (Phi) is 5.99. The van der Waals surface area contributed by atoms with E-state index in [4.69, 9.17) is 5.73 Å². The van der Waals surface area contributed by atoms with Gasteiger partial charge < -0.3 is 31.0 Å². The summed E-state index contributed by atoms with van der Waals surface area (Å²) in [5, 5.41) is 43.9. The number of aryl methyl sites for hydroxylation is 1. The van der Waals surface area contributed by atoms with Gasteiger partial charge in [-0.05, 0) is 60.4 Å². The number of carbonyl (C=O) groups excluding carboxylic acids is 4. The molecule has 0 saturated heterocycles. The van der Waals surface area contributed by atoms with Crippen LogP contribution in [-0.4, -0.2) is 49.3 Å². The van der Waals surface area contributed by atoms with E-state index < -0.39 is 52.0 Å². The standard InChI is InChI=1S/C29H27NO8/c1-13(31)2-3-14-4-6-15(7-5-14)18-8-9-20(32)23-19(18)11-16-10-17-12-21(33)24(28(30)37)27(36)29(17,38)26(35)22(16)25(23)34/h4-9,16-17,32,34,36,38H,2-3,10-12H2,1H3,(H2,30,37). The van der Waals surface area contributed by atoms with Crippen LogP contribution in [0.2, 0.25) is 0 Å². The first-order valence-corrected chi connectivity index (χ1v) is 12.4. The summed E-state index contributed by atoms with van der Waals surface area (Å²) < 4.78 is 0. The number of amides is 1. The zero-order chi connectivity index (χ0) is 27.5. The average Bonchev–Trinajstić information content (AvgIpc) is 2.85. The van der Waals surface area contributed by atoms with Crippen molar-refractivity contribution in [2.75, 3.05) is 0 Å². The molecule has 38 heavy (non-hydrogen) atoms. The first-order valence-electron chi connectivity index (χ1n) is 12.4. The lowest BCUT2D eigenvalue weighted by Gasteiger charge is -2.46. The molecule has 0 spiro atoms. The van der Waals surface area contributed by atoms with Crippen molar-refractivity contribution in [1.82, 2.24) is 0 Å². The number of phenols is 1. The summed E-state index contributed by atoms with van der Waals surface area (Å²) in [6, 6.07) is 10.7. The summed E-state index contributed by atoms with van der Waals surface area (Å²) in [5.74, 6) is -6.43. The topological polar surface area (TPSA) is 175 Å². The minimum atomic E-state index is -2.58. The number of phenolic OH excluding ortho intramolecular Hbond substituents is 1. The SMILES string of the molecule is CC(=O)CCc1ccc(-c2ccc(O)c3c2CC2CC4CC(=O)C(C(N)=O)=C(O)C4(O)C(=O)C2=C3O)cc1. The van der Waals surface area contributed by atoms with E-state index in [1.807, 2.05) is 24.3 Å². The highest BCUT2D eigenvalue weighted by Gasteiger charge is 2.60. The quantitative estimate of drug-likeness (QED) is 0.376. The lowest BCUT2D eigenvalue weighted by molar-refractivity contribution is -0.147. The van der Waals surface area contributed by atoms with Crippen molar-refractivity contribution in [3.8, 4) is 16.9 Å². The van der Waals surface area contributed by atoms with Crippen molar-refractivity contribution >= 4 is 29.0 Å². The van der Waals surface area contributed by atoms with Crippen molar-refractivity contribution in [3.63, 3.8) is 0 Å². The van der Waals surface area contributed by atoms with Crippen molar-refractivity contribution < 1.29 is 39.6 Å². The Labute approximate surface area is 217 Å². The molecule has 5 rings (SSSR count). The predicted octanol–water partition coefficient (Wildman–Crippen LogP) is 2.61. The van der Waals surface area contributed by atoms with Crippen LogP contribution in [0.25, 0.3) is 16.9 Å². The van der Waals surface area contributed by atoms with Gasteiger partial charge in [0, 0.05) is 24.3 Å². The number of hydrogen-bond donors (Lipinski definition) is 5. The number of primary amides is 1. The van der Waals surface area contributed by atoms with Gasteiger partial charge in [-0.15, -0.1) is 0 Å². The largest absolute Gasteiger partial charge is 0.508 e. The summed E-state index contributed by atoms with van der Waals surface area (Å²) >= 11 is 0. The highest BCUT2D eigenvalue weighted by atomic mass is 16.3. The molecular weight excluding hydrogens is 490 g/mol. The van der Waals surface area contributed by atoms with Gasteiger partial charge in [0.1, 0.15) is 28.6 Å². The Morgan fingerprint density at radius 3 is 2.34 bits per heavy atom. The summed E-state index contributed by atoms with van der Waals surface area (Å²) in [4.78, 5) is 49.2. The second-order valence-electron chi connectivity index (χ2n) is 10.3. The fourth-order valence-electron chi connectivity index (χ4n) is 6.06. The lowest BCUT2D eigenvalue weighted by atomic mass is 9.59. The normalized spacial score (nSPS) is 24.6. The smallest absolute Gasteiger partial charge is 0.255 e. The molecule has 3 unspecified atom stereocenters. The first-order chi connectivity index (χ1) is 17.9. The van der Waals surface area contributed by atoms with Gasteiger partial charge in [0.05, 0.1) is 5.56 Å². The van der Waals surface area contributed by atoms with Crippen LogP contribution in [0, 0.1) is 11.8 Å². The van der Waals surface area contributed by atoms with Crippen molar-refractivity contribution in [2.24, 2.45) is 17.6 Å². The minimum absolute atomic E-state index is 0.0512. The van der Waals surface area contributed by atoms with E-state index in [0.717, 1.165) is 16.7 Å². The fourth-order valence-corrected chi connectivity index (χ4v) is 6.06. The number of Topliss-reactive ketones (excluding diaryl/α,β-unsaturated/α-hetero) is 3. The van der Waals surface area contributed by atoms with Crippen LogP contribution in [0.4, 0.5) is 0 Å². The third-order valence-corrected chi connectivity index (χ3v) is 7.98. The molecule has 1 fully saturated rings. The Balaban J connectivity index is 1.60. The molecule has 196 valence electrons. The molecule has 1 saturated carbocycles. The van der Waals surface area contributed by atoms with E-state index in [9.17, 15) is 39.6 Å². The number of carbonyl (C=O) groups is 4. The Morgan fingerprint density at radius 1 is 1.03 bits per heavy atom. The zero-order valence-corrected chi connectivity index (χ0v) is 20.7. The molecular formula is C29H27NO8. The highest BCUT2D eigenvalue weighted by molar-refractivity contribution is 6.22. The summed E-state index contributed by atoms with van der Waals surface area (Å²) in [5.41, 5.74) is 4.83. The van der Waals surface area contributed by atoms with Crippen LogP contribution in [0.3, 0.4) is 0 Å². The van der Waals surface area contributed by atoms with Gasteiger partial charge >= 0.3 is 0 Å². The maximum absolute atomic E-state index is 13.6. The zero-order valence-electron chi connectivity index (χ0n) is 20.7. The van der Waals surface area contributed by atoms with Gasteiger partial charge in [0.25, 0.3) is 5.91 Å². The van der Waals surface area contributed by atoms with Crippen molar-refractivity contribution in [3.05, 3.63) is 70.0 Å². The van der Waals surface area contributed by atoms with Crippen molar-refractivity contribution in [2.45, 2.75) is 44.6 Å². The molecule has 3 aliphatic carbocycles. The molecule has 2 aromatic carbocycles. The van der Waals surface area contributed by atoms with Crippen LogP contribution in [0.15, 0.2) is 53.3 Å². The highest BCUT2D eigenvalue weighted by Crippen LogP contribution is 2.53. The van der Waals surface area contributed by atoms with Gasteiger partial charge in [-0.1, -0.05) is 30.3 Å². The van der Waals surface area contributed by atoms with Gasteiger partial charge in [0.15, 0.2) is 11.4 Å². The molecule has 0 heterocycles. The molecule has 6 N–H and O–H groups in total. The molecule has 3 atom stereocenters. The molecule has 9 nitrogen and oxygen atoms in total. The first kappa shape index (κ1) is 25.4. The van der Waals surface area contributed by atoms with Gasteiger partial charge in [0.2, 0.25) is 5.78 Å². The van der Waals surface area contributed by atoms with Crippen LogP contribution >= 0.6 is 0 Å². The maximum atomic E-state index is 13.6.